The average molecular weight is 486 g/mol. The van der Waals surface area contributed by atoms with E-state index in [1.807, 2.05) is 20.1 Å². The number of halogens is 1. The third-order valence-electron chi connectivity index (χ3n) is 8.28. The van der Waals surface area contributed by atoms with Crippen molar-refractivity contribution in [3.8, 4) is 6.07 Å². The molecule has 3 aliphatic rings. The standard InChI is InChI=1S/C31H36ClN3/c1-5-20(2)14-22-6-8-23(9-7-22)24-10-11-25-15-21(3)26(17-33)16-28(25)27(13-12-24)29-18-35-19-30(34)31(29,4)32/h13-16,18-19,23-24,29H,1,6-12,34H2,2-4H3/b22-14?,27-13+. The van der Waals surface area contributed by atoms with Crippen molar-refractivity contribution in [1.29, 1.82) is 5.26 Å². The van der Waals surface area contributed by atoms with E-state index >= 15 is 0 Å². The summed E-state index contributed by atoms with van der Waals surface area (Å²) in [6, 6.07) is 6.64. The van der Waals surface area contributed by atoms with Crippen molar-refractivity contribution in [2.45, 2.75) is 70.6 Å². The molecule has 4 heteroatoms. The van der Waals surface area contributed by atoms with E-state index in [0.29, 0.717) is 17.5 Å². The molecule has 1 fully saturated rings. The lowest BCUT2D eigenvalue weighted by molar-refractivity contribution is 0.260. The van der Waals surface area contributed by atoms with Crippen LogP contribution in [0.4, 0.5) is 0 Å². The summed E-state index contributed by atoms with van der Waals surface area (Å²) in [7, 11) is 0. The summed E-state index contributed by atoms with van der Waals surface area (Å²) in [6.45, 7) is 9.85. The highest BCUT2D eigenvalue weighted by Crippen LogP contribution is 2.45. The molecule has 35 heavy (non-hydrogen) atoms. The van der Waals surface area contributed by atoms with Crippen LogP contribution in [0.1, 0.15) is 74.6 Å². The second-order valence-corrected chi connectivity index (χ2v) is 11.4. The van der Waals surface area contributed by atoms with Gasteiger partial charge in [-0.2, -0.15) is 5.26 Å². The number of nitrogens with zero attached hydrogens (tertiary/aromatic N) is 2. The third-order valence-corrected chi connectivity index (χ3v) is 8.73. The van der Waals surface area contributed by atoms with Gasteiger partial charge in [-0.3, -0.25) is 4.99 Å². The second-order valence-electron chi connectivity index (χ2n) is 10.6. The molecule has 3 nitrogen and oxygen atoms in total. The van der Waals surface area contributed by atoms with E-state index in [1.165, 1.54) is 24.0 Å². The summed E-state index contributed by atoms with van der Waals surface area (Å²) in [4.78, 5) is 3.67. The zero-order chi connectivity index (χ0) is 25.2. The molecular weight excluding hydrogens is 450 g/mol. The Hall–Kier alpha value is -2.79. The first kappa shape index (κ1) is 25.3. The second kappa shape index (κ2) is 10.4. The number of nitriles is 1. The van der Waals surface area contributed by atoms with E-state index < -0.39 is 4.87 Å². The topological polar surface area (TPSA) is 62.2 Å². The predicted molar refractivity (Wildman–Crippen MR) is 147 cm³/mol. The molecule has 0 spiro atoms. The molecule has 1 heterocycles. The summed E-state index contributed by atoms with van der Waals surface area (Å²) in [5.74, 6) is 1.20. The van der Waals surface area contributed by atoms with Gasteiger partial charge in [0.15, 0.2) is 0 Å². The van der Waals surface area contributed by atoms with Crippen molar-refractivity contribution in [2.75, 3.05) is 0 Å². The van der Waals surface area contributed by atoms with Gasteiger partial charge < -0.3 is 5.73 Å². The molecule has 4 rings (SSSR count). The van der Waals surface area contributed by atoms with E-state index in [-0.39, 0.29) is 5.92 Å². The van der Waals surface area contributed by atoms with Crippen LogP contribution in [0.2, 0.25) is 0 Å². The maximum atomic E-state index is 9.73. The maximum Gasteiger partial charge on any atom is 0.0994 e. The number of allylic oxidation sites excluding steroid dienone is 6. The Bertz CT molecular complexity index is 1200. The Morgan fingerprint density at radius 2 is 1.94 bits per heavy atom. The Labute approximate surface area is 215 Å². The molecule has 0 radical (unpaired) electrons. The Balaban J connectivity index is 1.67. The summed E-state index contributed by atoms with van der Waals surface area (Å²) in [5.41, 5.74) is 17.9. The SMILES string of the molecule is C=C=C(C)C=C1CCC(C2C/C=C(/C3C=NC=C(N)C3(C)Cl)c3cc(C#N)c(C)cc3CC2)CC1. The lowest BCUT2D eigenvalue weighted by Crippen LogP contribution is -2.38. The first-order valence-electron chi connectivity index (χ1n) is 12.7. The van der Waals surface area contributed by atoms with Gasteiger partial charge in [0, 0.05) is 24.0 Å². The first-order valence-corrected chi connectivity index (χ1v) is 13.1. The fourth-order valence-corrected chi connectivity index (χ4v) is 6.17. The average Bonchev–Trinajstić information content (AvgIpc) is 2.83. The Morgan fingerprint density at radius 3 is 2.63 bits per heavy atom. The molecule has 0 aromatic heterocycles. The number of fused-ring (bicyclic) bond motifs is 1. The lowest BCUT2D eigenvalue weighted by atomic mass is 9.71. The number of aryl methyl sites for hydroxylation is 2. The zero-order valence-electron chi connectivity index (χ0n) is 21.2. The minimum atomic E-state index is -0.752. The molecular formula is C31H36ClN3. The van der Waals surface area contributed by atoms with Gasteiger partial charge >= 0.3 is 0 Å². The quantitative estimate of drug-likeness (QED) is 0.354. The van der Waals surface area contributed by atoms with Crippen molar-refractivity contribution in [3.63, 3.8) is 0 Å². The van der Waals surface area contributed by atoms with Crippen LogP contribution in [0.5, 0.6) is 0 Å². The highest BCUT2D eigenvalue weighted by atomic mass is 35.5. The highest BCUT2D eigenvalue weighted by Gasteiger charge is 2.39. The van der Waals surface area contributed by atoms with Gasteiger partial charge in [0.2, 0.25) is 0 Å². The normalized spacial score (nSPS) is 29.9. The van der Waals surface area contributed by atoms with Gasteiger partial charge in [-0.05, 0) is 111 Å². The summed E-state index contributed by atoms with van der Waals surface area (Å²) >= 11 is 7.03. The fourth-order valence-electron chi connectivity index (χ4n) is 5.94. The predicted octanol–water partition coefficient (Wildman–Crippen LogP) is 7.55. The molecule has 1 aromatic carbocycles. The van der Waals surface area contributed by atoms with E-state index in [0.717, 1.165) is 59.9 Å². The van der Waals surface area contributed by atoms with Crippen LogP contribution in [0.15, 0.2) is 64.6 Å². The van der Waals surface area contributed by atoms with Crippen molar-refractivity contribution in [1.82, 2.24) is 0 Å². The molecule has 3 atom stereocenters. The van der Waals surface area contributed by atoms with Gasteiger partial charge in [-0.1, -0.05) is 30.4 Å². The molecule has 182 valence electrons. The van der Waals surface area contributed by atoms with Crippen LogP contribution in [-0.2, 0) is 6.42 Å². The van der Waals surface area contributed by atoms with Gasteiger partial charge in [-0.15, -0.1) is 17.3 Å². The molecule has 1 aromatic rings. The van der Waals surface area contributed by atoms with Crippen molar-refractivity contribution in [2.24, 2.45) is 28.5 Å². The molecule has 1 aliphatic heterocycles. The Kier molecular flexibility index (Phi) is 7.56. The summed E-state index contributed by atoms with van der Waals surface area (Å²) in [6.07, 6.45) is 16.2. The van der Waals surface area contributed by atoms with Crippen LogP contribution in [0.25, 0.3) is 5.57 Å². The Morgan fingerprint density at radius 1 is 1.23 bits per heavy atom. The molecule has 2 N–H and O–H groups in total. The maximum absolute atomic E-state index is 9.73. The summed E-state index contributed by atoms with van der Waals surface area (Å²) < 4.78 is 0. The van der Waals surface area contributed by atoms with E-state index in [4.69, 9.17) is 17.3 Å². The van der Waals surface area contributed by atoms with Crippen LogP contribution in [-0.4, -0.2) is 11.1 Å². The molecule has 2 aliphatic carbocycles. The minimum absolute atomic E-state index is 0.143. The van der Waals surface area contributed by atoms with Crippen LogP contribution in [0, 0.1) is 36.0 Å². The first-order chi connectivity index (χ1) is 16.7. The molecule has 0 amide bonds. The van der Waals surface area contributed by atoms with Crippen molar-refractivity contribution < 1.29 is 0 Å². The zero-order valence-corrected chi connectivity index (χ0v) is 22.0. The van der Waals surface area contributed by atoms with Crippen LogP contribution in [0.3, 0.4) is 0 Å². The number of nitrogens with two attached hydrogens (primary N) is 1. The molecule has 1 saturated carbocycles. The van der Waals surface area contributed by atoms with Gasteiger partial charge in [-0.25, -0.2) is 0 Å². The number of benzene rings is 1. The van der Waals surface area contributed by atoms with Crippen LogP contribution >= 0.6 is 11.6 Å². The molecule has 3 unspecified atom stereocenters. The van der Waals surface area contributed by atoms with Crippen molar-refractivity contribution in [3.05, 3.63) is 81.9 Å². The number of alkyl halides is 1. The largest absolute Gasteiger partial charge is 0.399 e. The number of hydrogen-bond acceptors (Lipinski definition) is 3. The van der Waals surface area contributed by atoms with E-state index in [2.05, 4.69) is 54.6 Å². The lowest BCUT2D eigenvalue weighted by Gasteiger charge is -2.37. The number of aliphatic imine (C=N–C) groups is 1. The van der Waals surface area contributed by atoms with Gasteiger partial charge in [0.25, 0.3) is 0 Å². The highest BCUT2D eigenvalue weighted by molar-refractivity contribution is 6.28. The summed E-state index contributed by atoms with van der Waals surface area (Å²) in [5, 5.41) is 9.73. The molecule has 0 saturated heterocycles. The van der Waals surface area contributed by atoms with Gasteiger partial charge in [0.05, 0.1) is 16.5 Å². The molecule has 0 bridgehead atoms. The monoisotopic (exact) mass is 485 g/mol. The van der Waals surface area contributed by atoms with Crippen LogP contribution < -0.4 is 5.73 Å². The van der Waals surface area contributed by atoms with E-state index in [1.54, 1.807) is 6.20 Å². The number of hydrogen-bond donors (Lipinski definition) is 1. The van der Waals surface area contributed by atoms with E-state index in [9.17, 15) is 5.26 Å². The third kappa shape index (κ3) is 5.25. The fraction of sp³-hybridized carbons (Fsp3) is 0.452. The minimum Gasteiger partial charge on any atom is -0.399 e. The smallest absolute Gasteiger partial charge is 0.0994 e. The number of rotatable bonds is 3. The van der Waals surface area contributed by atoms with Crippen molar-refractivity contribution >= 4 is 23.4 Å². The van der Waals surface area contributed by atoms with Gasteiger partial charge in [0.1, 0.15) is 0 Å².